The third-order valence-corrected chi connectivity index (χ3v) is 7.28. The highest BCUT2D eigenvalue weighted by Crippen LogP contribution is 2.37. The van der Waals surface area contributed by atoms with E-state index in [4.69, 9.17) is 14.9 Å². The number of carbonyl (C=O) groups excluding carboxylic acids is 3. The molecule has 0 radical (unpaired) electrons. The van der Waals surface area contributed by atoms with Crippen molar-refractivity contribution in [2.45, 2.75) is 65.7 Å². The first-order valence-corrected chi connectivity index (χ1v) is 14.4. The van der Waals surface area contributed by atoms with Crippen LogP contribution in [0.4, 0.5) is 17.6 Å². The highest BCUT2D eigenvalue weighted by atomic mass is 19.3. The van der Waals surface area contributed by atoms with E-state index in [2.05, 4.69) is 24.8 Å². The number of nitrogens with two attached hydrogens (primary N) is 1. The lowest BCUT2D eigenvalue weighted by Crippen LogP contribution is -2.37. The summed E-state index contributed by atoms with van der Waals surface area (Å²) >= 11 is 0. The van der Waals surface area contributed by atoms with Crippen LogP contribution in [-0.4, -0.2) is 36.0 Å². The molecular formula is C31H33F4N3O8. The number of nitrogens with one attached hydrogen (secondary N) is 1. The molecule has 1 heterocycles. The number of benzene rings is 2. The van der Waals surface area contributed by atoms with Crippen LogP contribution >= 0.6 is 0 Å². The first-order chi connectivity index (χ1) is 21.7. The maximum absolute atomic E-state index is 14.8. The molecule has 0 saturated heterocycles. The summed E-state index contributed by atoms with van der Waals surface area (Å²) in [6.07, 6.45) is 2.22. The predicted octanol–water partition coefficient (Wildman–Crippen LogP) is 5.94. The maximum Gasteiger partial charge on any atom is 0.387 e. The van der Waals surface area contributed by atoms with Gasteiger partial charge in [-0.15, -0.1) is 0 Å². The molecule has 2 unspecified atom stereocenters. The topological polar surface area (TPSA) is 152 Å². The van der Waals surface area contributed by atoms with Crippen LogP contribution < -0.4 is 20.5 Å². The van der Waals surface area contributed by atoms with Gasteiger partial charge in [0.05, 0.1) is 18.1 Å². The molecule has 3 aromatic rings. The van der Waals surface area contributed by atoms with Gasteiger partial charge in [0.25, 0.3) is 5.91 Å². The molecule has 1 amide bonds. The Balaban J connectivity index is 1.65. The van der Waals surface area contributed by atoms with Crippen molar-refractivity contribution in [3.8, 4) is 23.0 Å². The maximum atomic E-state index is 14.8. The van der Waals surface area contributed by atoms with Crippen LogP contribution in [0.5, 0.6) is 11.5 Å². The number of amides is 1. The largest absolute Gasteiger partial charge is 0.489 e. The number of halogens is 4. The summed E-state index contributed by atoms with van der Waals surface area (Å²) in [5.41, 5.74) is 4.28. The smallest absolute Gasteiger partial charge is 0.387 e. The zero-order valence-electron chi connectivity index (χ0n) is 25.4. The molecular weight excluding hydrogens is 618 g/mol. The van der Waals surface area contributed by atoms with Crippen molar-refractivity contribution in [3.05, 3.63) is 65.1 Å². The normalized spacial score (nSPS) is 14.4. The summed E-state index contributed by atoms with van der Waals surface area (Å²) in [5, 5.41) is 2.25. The third kappa shape index (κ3) is 8.33. The van der Waals surface area contributed by atoms with E-state index in [1.54, 1.807) is 20.8 Å². The molecule has 0 spiro atoms. The average Bonchev–Trinajstić information content (AvgIpc) is 3.72. The molecule has 3 N–H and O–H groups in total. The van der Waals surface area contributed by atoms with Crippen molar-refractivity contribution in [1.29, 1.82) is 0 Å². The predicted molar refractivity (Wildman–Crippen MR) is 152 cm³/mol. The molecule has 1 aromatic heterocycles. The van der Waals surface area contributed by atoms with Gasteiger partial charge in [0.2, 0.25) is 5.89 Å². The number of oxazole rings is 1. The molecule has 11 nitrogen and oxygen atoms in total. The summed E-state index contributed by atoms with van der Waals surface area (Å²) in [5.74, 6) is -5.82. The molecule has 2 atom stereocenters. The van der Waals surface area contributed by atoms with Gasteiger partial charge in [0.1, 0.15) is 11.6 Å². The molecule has 4 rings (SSSR count). The number of hydrogen-bond donors (Lipinski definition) is 2. The molecule has 0 aliphatic heterocycles. The quantitative estimate of drug-likeness (QED) is 0.129. The highest BCUT2D eigenvalue weighted by molar-refractivity contribution is 5.97. The van der Waals surface area contributed by atoms with Crippen LogP contribution in [0.2, 0.25) is 0 Å². The van der Waals surface area contributed by atoms with E-state index >= 15 is 0 Å². The van der Waals surface area contributed by atoms with Crippen molar-refractivity contribution in [2.75, 3.05) is 6.61 Å². The Morgan fingerprint density at radius 3 is 2.41 bits per heavy atom. The molecule has 0 bridgehead atoms. The standard InChI is InChI=1S/C31H33F4N3O8/c1-5-31(3,4)29(41)46-45-28(40)23(19-10-9-18(32)13-20(19)33)37-26(39)24-25(15(2)36)44-27(38-24)17-8-11-21(43-30(34)35)22(12-17)42-14-16-6-7-16/h8-13,15-16,23,30H,5-7,14,36H2,1-4H3,(H,37,39). The van der Waals surface area contributed by atoms with Gasteiger partial charge in [0.15, 0.2) is 29.0 Å². The number of ether oxygens (including phenoxy) is 2. The molecule has 1 aliphatic rings. The number of alkyl halides is 2. The van der Waals surface area contributed by atoms with E-state index in [-0.39, 0.29) is 41.2 Å². The Labute approximate surface area is 261 Å². The number of aromatic nitrogens is 1. The van der Waals surface area contributed by atoms with Gasteiger partial charge in [-0.2, -0.15) is 8.78 Å². The number of nitrogens with zero attached hydrogens (tertiary/aromatic N) is 1. The fourth-order valence-corrected chi connectivity index (χ4v) is 3.95. The number of hydrogen-bond acceptors (Lipinski definition) is 10. The fraction of sp³-hybridized carbons (Fsp3) is 0.419. The van der Waals surface area contributed by atoms with Crippen LogP contribution in [0.25, 0.3) is 11.5 Å². The van der Waals surface area contributed by atoms with E-state index in [9.17, 15) is 31.9 Å². The van der Waals surface area contributed by atoms with Crippen LogP contribution in [0.3, 0.4) is 0 Å². The number of carbonyl (C=O) groups is 3. The molecule has 1 aliphatic carbocycles. The van der Waals surface area contributed by atoms with Crippen LogP contribution in [0.15, 0.2) is 40.8 Å². The monoisotopic (exact) mass is 651 g/mol. The lowest BCUT2D eigenvalue weighted by atomic mass is 9.91. The Bertz CT molecular complexity index is 1590. The molecule has 1 fully saturated rings. The van der Waals surface area contributed by atoms with Crippen LogP contribution in [0, 0.1) is 23.0 Å². The van der Waals surface area contributed by atoms with Crippen molar-refractivity contribution in [1.82, 2.24) is 10.3 Å². The van der Waals surface area contributed by atoms with Crippen molar-refractivity contribution in [3.63, 3.8) is 0 Å². The third-order valence-electron chi connectivity index (χ3n) is 7.28. The Kier molecular flexibility index (Phi) is 10.6. The molecule has 15 heteroatoms. The van der Waals surface area contributed by atoms with E-state index in [0.717, 1.165) is 25.0 Å². The van der Waals surface area contributed by atoms with Crippen molar-refractivity contribution >= 4 is 17.8 Å². The fourth-order valence-electron chi connectivity index (χ4n) is 3.95. The molecule has 248 valence electrons. The number of rotatable bonds is 13. The minimum absolute atomic E-state index is 0.00774. The van der Waals surface area contributed by atoms with E-state index in [1.165, 1.54) is 25.1 Å². The minimum atomic E-state index is -3.11. The summed E-state index contributed by atoms with van der Waals surface area (Å²) in [7, 11) is 0. The van der Waals surface area contributed by atoms with Crippen LogP contribution in [-0.2, 0) is 19.4 Å². The second-order valence-electron chi connectivity index (χ2n) is 11.4. The van der Waals surface area contributed by atoms with Gasteiger partial charge in [-0.1, -0.05) is 13.0 Å². The minimum Gasteiger partial charge on any atom is -0.489 e. The Morgan fingerprint density at radius 1 is 1.09 bits per heavy atom. The molecule has 2 aromatic carbocycles. The van der Waals surface area contributed by atoms with E-state index < -0.39 is 64.8 Å². The summed E-state index contributed by atoms with van der Waals surface area (Å²) in [4.78, 5) is 52.5. The van der Waals surface area contributed by atoms with E-state index in [1.807, 2.05) is 0 Å². The van der Waals surface area contributed by atoms with Gasteiger partial charge in [-0.25, -0.2) is 33.1 Å². The summed E-state index contributed by atoms with van der Waals surface area (Å²) < 4.78 is 70.5. The van der Waals surface area contributed by atoms with Gasteiger partial charge < -0.3 is 24.9 Å². The zero-order chi connectivity index (χ0) is 33.8. The second kappa shape index (κ2) is 14.2. The van der Waals surface area contributed by atoms with Gasteiger partial charge in [-0.3, -0.25) is 4.79 Å². The lowest BCUT2D eigenvalue weighted by Gasteiger charge is -2.20. The second-order valence-corrected chi connectivity index (χ2v) is 11.4. The van der Waals surface area contributed by atoms with Gasteiger partial charge >= 0.3 is 18.6 Å². The van der Waals surface area contributed by atoms with Gasteiger partial charge in [0, 0.05) is 17.2 Å². The molecule has 46 heavy (non-hydrogen) atoms. The van der Waals surface area contributed by atoms with E-state index in [0.29, 0.717) is 12.5 Å². The summed E-state index contributed by atoms with van der Waals surface area (Å²) in [6.45, 7) is 3.43. The first kappa shape index (κ1) is 34.2. The van der Waals surface area contributed by atoms with Crippen molar-refractivity contribution < 1.29 is 55.6 Å². The lowest BCUT2D eigenvalue weighted by molar-refractivity contribution is -0.267. The van der Waals surface area contributed by atoms with Crippen molar-refractivity contribution in [2.24, 2.45) is 17.1 Å². The average molecular weight is 652 g/mol. The Morgan fingerprint density at radius 2 is 1.80 bits per heavy atom. The molecule has 1 saturated carbocycles. The van der Waals surface area contributed by atoms with Crippen LogP contribution in [0.1, 0.15) is 80.9 Å². The SMILES string of the molecule is CCC(C)(C)C(=O)OOC(=O)C(NC(=O)c1nc(-c2ccc(OC(F)F)c(OCC3CC3)c2)oc1C(C)N)c1ccc(F)cc1F. The highest BCUT2D eigenvalue weighted by Gasteiger charge is 2.35. The summed E-state index contributed by atoms with van der Waals surface area (Å²) in [6, 6.07) is 3.28. The first-order valence-electron chi connectivity index (χ1n) is 14.4. The zero-order valence-corrected chi connectivity index (χ0v) is 25.4. The Hall–Kier alpha value is -4.66. The van der Waals surface area contributed by atoms with Gasteiger partial charge in [-0.05, 0) is 70.2 Å².